The summed E-state index contributed by atoms with van der Waals surface area (Å²) < 4.78 is 0. The molecule has 1 heterocycles. The Bertz CT molecular complexity index is 1050. The number of unbranched alkanes of at least 4 members (excludes halogenated alkanes) is 1. The number of carbonyl (C=O) groups excluding carboxylic acids is 1. The summed E-state index contributed by atoms with van der Waals surface area (Å²) in [6, 6.07) is 14.7. The normalized spacial score (nSPS) is 11.6. The molecular formula is C24H30KN5O3. The van der Waals surface area contributed by atoms with Crippen molar-refractivity contribution in [1.29, 1.82) is 0 Å². The first kappa shape index (κ1) is 27.3. The summed E-state index contributed by atoms with van der Waals surface area (Å²) in [5.74, 6) is -0.784. The second kappa shape index (κ2) is 13.1. The Hall–Kier alpha value is -1.91. The zero-order chi connectivity index (χ0) is 23.1. The van der Waals surface area contributed by atoms with Crippen LogP contribution in [0.1, 0.15) is 47.0 Å². The Morgan fingerprint density at radius 2 is 1.76 bits per heavy atom. The number of H-pyrrole nitrogens is 1. The van der Waals surface area contributed by atoms with Crippen LogP contribution in [0, 0.1) is 5.92 Å². The molecule has 3 aromatic rings. The van der Waals surface area contributed by atoms with Crippen LogP contribution < -0.4 is 51.4 Å². The average molecular weight is 476 g/mol. The van der Waals surface area contributed by atoms with E-state index in [4.69, 9.17) is 0 Å². The molecule has 0 spiro atoms. The number of carbonyl (C=O) groups is 2. The van der Waals surface area contributed by atoms with Crippen LogP contribution in [-0.2, 0) is 16.1 Å². The van der Waals surface area contributed by atoms with Gasteiger partial charge in [-0.25, -0.2) is 4.79 Å². The van der Waals surface area contributed by atoms with E-state index in [0.717, 1.165) is 35.1 Å². The molecule has 0 saturated carbocycles. The van der Waals surface area contributed by atoms with Gasteiger partial charge in [0.05, 0.1) is 0 Å². The quantitative estimate of drug-likeness (QED) is 0.427. The van der Waals surface area contributed by atoms with Crippen molar-refractivity contribution < 1.29 is 67.5 Å². The Kier molecular flexibility index (Phi) is 10.8. The monoisotopic (exact) mass is 475 g/mol. The van der Waals surface area contributed by atoms with Crippen molar-refractivity contribution in [2.75, 3.05) is 0 Å². The maximum atomic E-state index is 12.9. The van der Waals surface area contributed by atoms with Gasteiger partial charge in [0.2, 0.25) is 11.7 Å². The molecule has 0 saturated heterocycles. The fraction of sp³-hybridized carbons (Fsp3) is 0.375. The van der Waals surface area contributed by atoms with Crippen molar-refractivity contribution in [3.8, 4) is 22.5 Å². The van der Waals surface area contributed by atoms with Gasteiger partial charge in [-0.2, -0.15) is 5.21 Å². The fourth-order valence-electron chi connectivity index (χ4n) is 3.78. The van der Waals surface area contributed by atoms with Gasteiger partial charge in [0.1, 0.15) is 6.04 Å². The number of nitrogens with one attached hydrogen (secondary N) is 1. The van der Waals surface area contributed by atoms with Gasteiger partial charge in [-0.3, -0.25) is 4.79 Å². The zero-order valence-electron chi connectivity index (χ0n) is 20.7. The molecule has 0 fully saturated rings. The first-order valence-corrected chi connectivity index (χ1v) is 10.9. The number of rotatable bonds is 10. The molecule has 170 valence electrons. The third kappa shape index (κ3) is 7.03. The van der Waals surface area contributed by atoms with Gasteiger partial charge in [0.15, 0.2) is 0 Å². The fourth-order valence-corrected chi connectivity index (χ4v) is 3.78. The Morgan fingerprint density at radius 3 is 2.30 bits per heavy atom. The summed E-state index contributed by atoms with van der Waals surface area (Å²) in [7, 11) is 0. The Balaban J connectivity index is 0.00000289. The largest absolute Gasteiger partial charge is 1.00 e. The Morgan fingerprint density at radius 1 is 1.09 bits per heavy atom. The number of aliphatic carboxylic acids is 1. The minimum absolute atomic E-state index is 0. The number of amides is 1. The standard InChI is InChI=1S/C24H29N5O3.K.H/c1-4-5-10-21(30)29(22(16(2)3)24(31)32)15-17-11-13-18(14-12-17)19-8-6-7-9-20(19)23-25-27-28-26-23;;/h6-9,11-14,16,22H,4-5,10,15H2,1-3H3,(H,31,32)(H,25,26,27,28);;/q;+1;-1. The molecule has 8 nitrogen and oxygen atoms in total. The predicted molar refractivity (Wildman–Crippen MR) is 122 cm³/mol. The van der Waals surface area contributed by atoms with E-state index in [1.807, 2.05) is 69.3 Å². The molecule has 1 amide bonds. The van der Waals surface area contributed by atoms with E-state index >= 15 is 0 Å². The van der Waals surface area contributed by atoms with E-state index in [0.29, 0.717) is 12.2 Å². The second-order valence-corrected chi connectivity index (χ2v) is 8.13. The number of tetrazole rings is 1. The summed E-state index contributed by atoms with van der Waals surface area (Å²) >= 11 is 0. The van der Waals surface area contributed by atoms with Crippen molar-refractivity contribution >= 4 is 11.9 Å². The van der Waals surface area contributed by atoms with Gasteiger partial charge in [-0.15, -0.1) is 10.2 Å². The van der Waals surface area contributed by atoms with Crippen LogP contribution >= 0.6 is 0 Å². The molecule has 0 aliphatic carbocycles. The van der Waals surface area contributed by atoms with Crippen LogP contribution in [0.2, 0.25) is 0 Å². The van der Waals surface area contributed by atoms with Crippen LogP contribution in [0.5, 0.6) is 0 Å². The van der Waals surface area contributed by atoms with Gasteiger partial charge < -0.3 is 11.4 Å². The molecule has 2 aromatic carbocycles. The smallest absolute Gasteiger partial charge is 1.00 e. The summed E-state index contributed by atoms with van der Waals surface area (Å²) in [5, 5.41) is 24.0. The van der Waals surface area contributed by atoms with Crippen molar-refractivity contribution in [2.45, 2.75) is 52.6 Å². The number of nitrogens with zero attached hydrogens (tertiary/aromatic N) is 4. The molecule has 0 radical (unpaired) electrons. The van der Waals surface area contributed by atoms with Gasteiger partial charge in [0.25, 0.3) is 0 Å². The molecule has 0 aliphatic heterocycles. The number of carboxylic acids is 1. The maximum Gasteiger partial charge on any atom is 1.00 e. The molecule has 1 unspecified atom stereocenters. The SMILES string of the molecule is CCCCC(=O)N(Cc1ccc(-c2ccccc2-c2nn[nH]n2)cc1)C(C(=O)O)C(C)C.[H-].[K+]. The summed E-state index contributed by atoms with van der Waals surface area (Å²) in [4.78, 5) is 26.3. The van der Waals surface area contributed by atoms with Crippen LogP contribution in [0.15, 0.2) is 48.5 Å². The van der Waals surface area contributed by atoms with Crippen molar-refractivity contribution in [2.24, 2.45) is 5.92 Å². The summed E-state index contributed by atoms with van der Waals surface area (Å²) in [6.07, 6.45) is 1.97. The number of aromatic nitrogens is 4. The van der Waals surface area contributed by atoms with E-state index in [1.165, 1.54) is 4.90 Å². The van der Waals surface area contributed by atoms with E-state index in [-0.39, 0.29) is 71.2 Å². The Labute approximate surface area is 238 Å². The number of carboxylic acid groups (broad SMARTS) is 1. The molecule has 0 bridgehead atoms. The number of hydrogen-bond acceptors (Lipinski definition) is 5. The molecule has 3 rings (SSSR count). The molecule has 0 aliphatic rings. The van der Waals surface area contributed by atoms with Crippen LogP contribution in [0.25, 0.3) is 22.5 Å². The molecule has 1 atom stereocenters. The summed E-state index contributed by atoms with van der Waals surface area (Å²) in [5.41, 5.74) is 3.66. The van der Waals surface area contributed by atoms with Crippen LogP contribution in [0.4, 0.5) is 0 Å². The zero-order valence-corrected chi connectivity index (χ0v) is 22.8. The van der Waals surface area contributed by atoms with Gasteiger partial charge in [-0.1, -0.05) is 75.7 Å². The predicted octanol–water partition coefficient (Wildman–Crippen LogP) is 1.28. The third-order valence-corrected chi connectivity index (χ3v) is 5.42. The van der Waals surface area contributed by atoms with Crippen molar-refractivity contribution in [1.82, 2.24) is 25.5 Å². The van der Waals surface area contributed by atoms with E-state index < -0.39 is 12.0 Å². The van der Waals surface area contributed by atoms with Crippen LogP contribution in [-0.4, -0.2) is 48.5 Å². The van der Waals surface area contributed by atoms with Crippen molar-refractivity contribution in [3.05, 3.63) is 54.1 Å². The third-order valence-electron chi connectivity index (χ3n) is 5.42. The second-order valence-electron chi connectivity index (χ2n) is 8.13. The number of benzene rings is 2. The minimum atomic E-state index is -0.976. The minimum Gasteiger partial charge on any atom is -1.00 e. The average Bonchev–Trinajstić information content (AvgIpc) is 3.32. The van der Waals surface area contributed by atoms with Crippen LogP contribution in [0.3, 0.4) is 0 Å². The number of hydrogen-bond donors (Lipinski definition) is 2. The number of aromatic amines is 1. The summed E-state index contributed by atoms with van der Waals surface area (Å²) in [6.45, 7) is 5.93. The molecule has 33 heavy (non-hydrogen) atoms. The van der Waals surface area contributed by atoms with E-state index in [9.17, 15) is 14.7 Å². The van der Waals surface area contributed by atoms with E-state index in [2.05, 4.69) is 20.6 Å². The van der Waals surface area contributed by atoms with Gasteiger partial charge in [-0.05, 0) is 34.2 Å². The van der Waals surface area contributed by atoms with Crippen molar-refractivity contribution in [3.63, 3.8) is 0 Å². The first-order chi connectivity index (χ1) is 15.4. The maximum absolute atomic E-state index is 12.9. The molecular weight excluding hydrogens is 445 g/mol. The molecule has 9 heteroatoms. The first-order valence-electron chi connectivity index (χ1n) is 10.9. The van der Waals surface area contributed by atoms with Gasteiger partial charge in [0, 0.05) is 18.5 Å². The molecule has 1 aromatic heterocycles. The van der Waals surface area contributed by atoms with Gasteiger partial charge >= 0.3 is 57.4 Å². The molecule has 2 N–H and O–H groups in total. The topological polar surface area (TPSA) is 112 Å². The van der Waals surface area contributed by atoms with E-state index in [1.54, 1.807) is 0 Å².